The van der Waals surface area contributed by atoms with E-state index in [9.17, 15) is 0 Å². The van der Waals surface area contributed by atoms with Crippen molar-refractivity contribution in [2.24, 2.45) is 5.16 Å². The van der Waals surface area contributed by atoms with Crippen molar-refractivity contribution < 1.29 is 28.5 Å². The Hall–Kier alpha value is -3.13. The number of ether oxygens (including phenoxy) is 5. The topological polar surface area (TPSA) is 79.8 Å². The molecular formula is C22H26N2O6. The van der Waals surface area contributed by atoms with E-state index in [2.05, 4.69) is 16.5 Å². The van der Waals surface area contributed by atoms with Crippen LogP contribution in [0.4, 0.5) is 0 Å². The molecule has 1 N–H and O–H groups in total. The number of nitrogens with zero attached hydrogens (tertiary/aromatic N) is 1. The summed E-state index contributed by atoms with van der Waals surface area (Å²) in [6, 6.07) is 9.90. The number of benzene rings is 2. The second-order valence-electron chi connectivity index (χ2n) is 7.08. The highest BCUT2D eigenvalue weighted by Crippen LogP contribution is 2.49. The van der Waals surface area contributed by atoms with Crippen molar-refractivity contribution in [1.29, 1.82) is 0 Å². The fraction of sp³-hybridized carbons (Fsp3) is 0.409. The molecule has 0 bridgehead atoms. The SMILES string of the molecule is COc1cccc(CNCC2=NOC(Cc3cc(OC)c4c(c3OC)OCO4)C2)c1. The fourth-order valence-electron chi connectivity index (χ4n) is 3.67. The first-order chi connectivity index (χ1) is 14.7. The number of methoxy groups -OCH3 is 3. The van der Waals surface area contributed by atoms with Crippen LogP contribution in [0.1, 0.15) is 17.5 Å². The lowest BCUT2D eigenvalue weighted by atomic mass is 10.0. The number of fused-ring (bicyclic) bond motifs is 1. The molecule has 2 aliphatic rings. The maximum absolute atomic E-state index is 5.66. The van der Waals surface area contributed by atoms with Crippen LogP contribution in [0.3, 0.4) is 0 Å². The van der Waals surface area contributed by atoms with E-state index in [1.54, 1.807) is 21.3 Å². The minimum atomic E-state index is -0.0717. The van der Waals surface area contributed by atoms with Gasteiger partial charge in [-0.05, 0) is 23.8 Å². The van der Waals surface area contributed by atoms with Gasteiger partial charge in [0.05, 0.1) is 27.0 Å². The average Bonchev–Trinajstić information content (AvgIpc) is 3.43. The molecule has 0 saturated heterocycles. The molecule has 0 fully saturated rings. The van der Waals surface area contributed by atoms with Crippen LogP contribution < -0.4 is 29.0 Å². The van der Waals surface area contributed by atoms with E-state index in [1.165, 1.54) is 0 Å². The first-order valence-corrected chi connectivity index (χ1v) is 9.80. The van der Waals surface area contributed by atoms with Gasteiger partial charge in [-0.2, -0.15) is 0 Å². The van der Waals surface area contributed by atoms with E-state index in [0.717, 1.165) is 35.6 Å². The Bertz CT molecular complexity index is 930. The zero-order valence-electron chi connectivity index (χ0n) is 17.4. The highest BCUT2D eigenvalue weighted by atomic mass is 16.7. The molecule has 30 heavy (non-hydrogen) atoms. The van der Waals surface area contributed by atoms with Gasteiger partial charge in [0.1, 0.15) is 11.9 Å². The largest absolute Gasteiger partial charge is 0.497 e. The van der Waals surface area contributed by atoms with Gasteiger partial charge < -0.3 is 33.8 Å². The van der Waals surface area contributed by atoms with Crippen LogP contribution in [0.25, 0.3) is 0 Å². The van der Waals surface area contributed by atoms with Gasteiger partial charge in [-0.15, -0.1) is 0 Å². The minimum absolute atomic E-state index is 0.0717. The van der Waals surface area contributed by atoms with Gasteiger partial charge in [-0.3, -0.25) is 0 Å². The van der Waals surface area contributed by atoms with E-state index in [1.807, 2.05) is 24.3 Å². The van der Waals surface area contributed by atoms with Crippen LogP contribution in [0.15, 0.2) is 35.5 Å². The molecule has 0 aromatic heterocycles. The minimum Gasteiger partial charge on any atom is -0.497 e. The molecule has 1 atom stereocenters. The molecule has 0 aliphatic carbocycles. The van der Waals surface area contributed by atoms with Crippen molar-refractivity contribution in [3.8, 4) is 28.7 Å². The summed E-state index contributed by atoms with van der Waals surface area (Å²) in [6.07, 6.45) is 1.29. The van der Waals surface area contributed by atoms with Gasteiger partial charge in [0.15, 0.2) is 11.5 Å². The molecule has 4 rings (SSSR count). The second kappa shape index (κ2) is 9.13. The molecular weight excluding hydrogens is 388 g/mol. The smallest absolute Gasteiger partial charge is 0.231 e. The van der Waals surface area contributed by atoms with Gasteiger partial charge >= 0.3 is 0 Å². The Balaban J connectivity index is 1.34. The summed E-state index contributed by atoms with van der Waals surface area (Å²) in [5.41, 5.74) is 3.07. The van der Waals surface area contributed by atoms with Gasteiger partial charge in [-0.1, -0.05) is 17.3 Å². The lowest BCUT2D eigenvalue weighted by molar-refractivity contribution is 0.0853. The number of hydrogen-bond donors (Lipinski definition) is 1. The normalized spacial score (nSPS) is 16.8. The van der Waals surface area contributed by atoms with Crippen molar-refractivity contribution in [2.75, 3.05) is 34.7 Å². The predicted octanol–water partition coefficient (Wildman–Crippen LogP) is 2.92. The third kappa shape index (κ3) is 4.23. The van der Waals surface area contributed by atoms with Gasteiger partial charge in [0.25, 0.3) is 0 Å². The molecule has 2 heterocycles. The number of nitrogens with one attached hydrogen (secondary N) is 1. The van der Waals surface area contributed by atoms with Gasteiger partial charge in [0.2, 0.25) is 18.3 Å². The van der Waals surface area contributed by atoms with Crippen LogP contribution in [0.5, 0.6) is 28.7 Å². The summed E-state index contributed by atoms with van der Waals surface area (Å²) in [4.78, 5) is 5.66. The monoisotopic (exact) mass is 414 g/mol. The molecule has 2 aromatic rings. The highest BCUT2D eigenvalue weighted by molar-refractivity contribution is 5.87. The maximum atomic E-state index is 5.66. The zero-order valence-corrected chi connectivity index (χ0v) is 17.4. The molecule has 0 amide bonds. The fourth-order valence-corrected chi connectivity index (χ4v) is 3.67. The first-order valence-electron chi connectivity index (χ1n) is 9.80. The maximum Gasteiger partial charge on any atom is 0.231 e. The van der Waals surface area contributed by atoms with Crippen LogP contribution >= 0.6 is 0 Å². The van der Waals surface area contributed by atoms with Crippen molar-refractivity contribution in [3.63, 3.8) is 0 Å². The Morgan fingerprint density at radius 2 is 1.90 bits per heavy atom. The van der Waals surface area contributed by atoms with E-state index in [-0.39, 0.29) is 12.9 Å². The molecule has 1 unspecified atom stereocenters. The van der Waals surface area contributed by atoms with E-state index in [4.69, 9.17) is 28.5 Å². The van der Waals surface area contributed by atoms with Crippen LogP contribution in [0.2, 0.25) is 0 Å². The molecule has 8 heteroatoms. The second-order valence-corrected chi connectivity index (χ2v) is 7.08. The quantitative estimate of drug-likeness (QED) is 0.676. The summed E-state index contributed by atoms with van der Waals surface area (Å²) in [5, 5.41) is 7.66. The lowest BCUT2D eigenvalue weighted by Gasteiger charge is -2.15. The van der Waals surface area contributed by atoms with Crippen molar-refractivity contribution in [2.45, 2.75) is 25.5 Å². The zero-order chi connectivity index (χ0) is 20.9. The molecule has 0 saturated carbocycles. The molecule has 0 radical (unpaired) electrons. The van der Waals surface area contributed by atoms with Gasteiger partial charge in [-0.25, -0.2) is 0 Å². The number of rotatable bonds is 9. The van der Waals surface area contributed by atoms with Crippen molar-refractivity contribution in [1.82, 2.24) is 5.32 Å². The average molecular weight is 414 g/mol. The van der Waals surface area contributed by atoms with Crippen molar-refractivity contribution >= 4 is 5.71 Å². The summed E-state index contributed by atoms with van der Waals surface area (Å²) < 4.78 is 27.4. The molecule has 2 aliphatic heterocycles. The van der Waals surface area contributed by atoms with E-state index in [0.29, 0.717) is 36.0 Å². The number of hydrogen-bond acceptors (Lipinski definition) is 8. The summed E-state index contributed by atoms with van der Waals surface area (Å²) in [7, 11) is 4.89. The van der Waals surface area contributed by atoms with Crippen molar-refractivity contribution in [3.05, 3.63) is 41.5 Å². The predicted molar refractivity (Wildman–Crippen MR) is 111 cm³/mol. The Morgan fingerprint density at radius 3 is 2.70 bits per heavy atom. The summed E-state index contributed by atoms with van der Waals surface area (Å²) >= 11 is 0. The van der Waals surface area contributed by atoms with Crippen LogP contribution in [-0.2, 0) is 17.8 Å². The van der Waals surface area contributed by atoms with E-state index < -0.39 is 0 Å². The van der Waals surface area contributed by atoms with E-state index >= 15 is 0 Å². The molecule has 8 nitrogen and oxygen atoms in total. The van der Waals surface area contributed by atoms with Crippen LogP contribution in [-0.4, -0.2) is 46.5 Å². The first kappa shape index (κ1) is 20.2. The standard InChI is InChI=1S/C22H26N2O6/c1-25-17-6-4-5-14(7-17)11-23-12-16-10-18(30-24-16)8-15-9-19(26-2)21-22(20(15)27-3)29-13-28-21/h4-7,9,18,23H,8,10-13H2,1-3H3. The molecule has 0 spiro atoms. The third-order valence-corrected chi connectivity index (χ3v) is 5.10. The Kier molecular flexibility index (Phi) is 6.13. The highest BCUT2D eigenvalue weighted by Gasteiger charge is 2.30. The van der Waals surface area contributed by atoms with Gasteiger partial charge in [0, 0.05) is 31.5 Å². The third-order valence-electron chi connectivity index (χ3n) is 5.10. The molecule has 2 aromatic carbocycles. The summed E-state index contributed by atoms with van der Waals surface area (Å²) in [5.74, 6) is 3.27. The van der Waals surface area contributed by atoms with Crippen LogP contribution in [0, 0.1) is 0 Å². The lowest BCUT2D eigenvalue weighted by Crippen LogP contribution is -2.23. The Morgan fingerprint density at radius 1 is 1.03 bits per heavy atom. The summed E-state index contributed by atoms with van der Waals surface area (Å²) in [6.45, 7) is 1.54. The Labute approximate surface area is 175 Å². The number of oxime groups is 1. The molecule has 160 valence electrons.